The summed E-state index contributed by atoms with van der Waals surface area (Å²) < 4.78 is 0. The first kappa shape index (κ1) is 15.0. The highest BCUT2D eigenvalue weighted by atomic mass is 32.1. The molecule has 110 valence electrons. The van der Waals surface area contributed by atoms with Crippen molar-refractivity contribution in [1.29, 1.82) is 0 Å². The first-order valence-corrected chi connectivity index (χ1v) is 6.97. The molecule has 0 aliphatic rings. The Kier molecular flexibility index (Phi) is 5.28. The number of imidazole rings is 1. The standard InChI is InChI=1S/C14H17N5OS/c1-2-9-15-14(21)19-18-13(20)8-7-12-16-10-5-3-4-6-11(10)17-12/h2-6H,1,7-9H2,(H,16,17)(H,18,20)(H2,15,19,21). The summed E-state index contributed by atoms with van der Waals surface area (Å²) in [5.74, 6) is 0.636. The number of rotatable bonds is 5. The van der Waals surface area contributed by atoms with E-state index in [-0.39, 0.29) is 5.91 Å². The van der Waals surface area contributed by atoms with E-state index in [1.807, 2.05) is 24.3 Å². The van der Waals surface area contributed by atoms with E-state index in [0.29, 0.717) is 24.5 Å². The normalized spacial score (nSPS) is 10.1. The average molecular weight is 303 g/mol. The van der Waals surface area contributed by atoms with Crippen molar-refractivity contribution in [3.8, 4) is 0 Å². The summed E-state index contributed by atoms with van der Waals surface area (Å²) in [5.41, 5.74) is 7.03. The lowest BCUT2D eigenvalue weighted by Gasteiger charge is -2.09. The van der Waals surface area contributed by atoms with Crippen LogP contribution in [0, 0.1) is 0 Å². The molecule has 0 aliphatic carbocycles. The predicted octanol–water partition coefficient (Wildman–Crippen LogP) is 1.18. The molecular weight excluding hydrogens is 286 g/mol. The number of H-pyrrole nitrogens is 1. The molecule has 1 amide bonds. The minimum absolute atomic E-state index is 0.154. The van der Waals surface area contributed by atoms with E-state index < -0.39 is 0 Å². The number of aromatic amines is 1. The quantitative estimate of drug-likeness (QED) is 0.379. The van der Waals surface area contributed by atoms with Crippen LogP contribution in [0.3, 0.4) is 0 Å². The number of thiocarbonyl (C=S) groups is 1. The SMILES string of the molecule is C=CCNC(=S)NNC(=O)CCc1nc2ccccc2[nH]1. The molecule has 0 saturated carbocycles. The van der Waals surface area contributed by atoms with Gasteiger partial charge in [0, 0.05) is 19.4 Å². The highest BCUT2D eigenvalue weighted by Gasteiger charge is 2.06. The molecule has 0 saturated heterocycles. The number of aromatic nitrogens is 2. The van der Waals surface area contributed by atoms with Gasteiger partial charge in [-0.05, 0) is 24.4 Å². The molecule has 2 rings (SSSR count). The van der Waals surface area contributed by atoms with Gasteiger partial charge in [0.25, 0.3) is 0 Å². The van der Waals surface area contributed by atoms with Gasteiger partial charge < -0.3 is 10.3 Å². The lowest BCUT2D eigenvalue weighted by molar-refractivity contribution is -0.121. The van der Waals surface area contributed by atoms with E-state index in [1.165, 1.54) is 0 Å². The number of hydrogen-bond acceptors (Lipinski definition) is 3. The number of nitrogens with zero attached hydrogens (tertiary/aromatic N) is 1. The van der Waals surface area contributed by atoms with Gasteiger partial charge in [-0.3, -0.25) is 15.6 Å². The maximum atomic E-state index is 11.7. The molecule has 2 aromatic rings. The van der Waals surface area contributed by atoms with Gasteiger partial charge in [0.05, 0.1) is 11.0 Å². The molecule has 0 radical (unpaired) electrons. The largest absolute Gasteiger partial charge is 0.358 e. The molecule has 7 heteroatoms. The highest BCUT2D eigenvalue weighted by molar-refractivity contribution is 7.80. The van der Waals surface area contributed by atoms with Gasteiger partial charge in [-0.2, -0.15) is 0 Å². The zero-order chi connectivity index (χ0) is 15.1. The van der Waals surface area contributed by atoms with Gasteiger partial charge in [-0.1, -0.05) is 18.2 Å². The highest BCUT2D eigenvalue weighted by Crippen LogP contribution is 2.11. The van der Waals surface area contributed by atoms with Gasteiger partial charge in [0.15, 0.2) is 5.11 Å². The number of carbonyl (C=O) groups is 1. The summed E-state index contributed by atoms with van der Waals surface area (Å²) in [7, 11) is 0. The van der Waals surface area contributed by atoms with Crippen LogP contribution in [-0.2, 0) is 11.2 Å². The van der Waals surface area contributed by atoms with Gasteiger partial charge in [0.1, 0.15) is 5.82 Å². The second-order valence-corrected chi connectivity index (χ2v) is 4.78. The predicted molar refractivity (Wildman–Crippen MR) is 86.5 cm³/mol. The van der Waals surface area contributed by atoms with Crippen molar-refractivity contribution in [3.63, 3.8) is 0 Å². The Morgan fingerprint density at radius 1 is 1.38 bits per heavy atom. The molecular formula is C14H17N5OS. The Morgan fingerprint density at radius 3 is 2.95 bits per heavy atom. The number of amides is 1. The first-order chi connectivity index (χ1) is 10.2. The lowest BCUT2D eigenvalue weighted by atomic mass is 10.3. The van der Waals surface area contributed by atoms with Gasteiger partial charge in [-0.25, -0.2) is 4.98 Å². The third-order valence-electron chi connectivity index (χ3n) is 2.75. The minimum atomic E-state index is -0.154. The van der Waals surface area contributed by atoms with Crippen LogP contribution in [-0.4, -0.2) is 27.5 Å². The maximum absolute atomic E-state index is 11.7. The Labute approximate surface area is 128 Å². The molecule has 0 aliphatic heterocycles. The molecule has 0 unspecified atom stereocenters. The first-order valence-electron chi connectivity index (χ1n) is 6.56. The van der Waals surface area contributed by atoms with Crippen LogP contribution < -0.4 is 16.2 Å². The third-order valence-corrected chi connectivity index (χ3v) is 3.00. The van der Waals surface area contributed by atoms with Crippen molar-refractivity contribution < 1.29 is 4.79 Å². The molecule has 4 N–H and O–H groups in total. The van der Waals surface area contributed by atoms with E-state index in [9.17, 15) is 4.79 Å². The summed E-state index contributed by atoms with van der Waals surface area (Å²) in [6.45, 7) is 4.10. The van der Waals surface area contributed by atoms with Crippen LogP contribution >= 0.6 is 12.2 Å². The van der Waals surface area contributed by atoms with Crippen molar-refractivity contribution in [2.75, 3.05) is 6.54 Å². The summed E-state index contributed by atoms with van der Waals surface area (Å²) in [6.07, 6.45) is 2.53. The van der Waals surface area contributed by atoms with Crippen LogP contribution in [0.1, 0.15) is 12.2 Å². The van der Waals surface area contributed by atoms with Crippen LogP contribution in [0.15, 0.2) is 36.9 Å². The Balaban J connectivity index is 1.76. The number of fused-ring (bicyclic) bond motifs is 1. The van der Waals surface area contributed by atoms with Crippen molar-refractivity contribution in [2.45, 2.75) is 12.8 Å². The van der Waals surface area contributed by atoms with Crippen LogP contribution in [0.2, 0.25) is 0 Å². The molecule has 21 heavy (non-hydrogen) atoms. The van der Waals surface area contributed by atoms with Crippen LogP contribution in [0.25, 0.3) is 11.0 Å². The summed E-state index contributed by atoms with van der Waals surface area (Å²) in [4.78, 5) is 19.3. The summed E-state index contributed by atoms with van der Waals surface area (Å²) in [5, 5.41) is 3.20. The van der Waals surface area contributed by atoms with E-state index in [0.717, 1.165) is 16.9 Å². The number of aryl methyl sites for hydroxylation is 1. The zero-order valence-corrected chi connectivity index (χ0v) is 12.3. The molecule has 1 aromatic carbocycles. The number of benzene rings is 1. The maximum Gasteiger partial charge on any atom is 0.238 e. The minimum Gasteiger partial charge on any atom is -0.358 e. The number of hydrogen-bond donors (Lipinski definition) is 4. The molecule has 6 nitrogen and oxygen atoms in total. The third kappa shape index (κ3) is 4.57. The fourth-order valence-electron chi connectivity index (χ4n) is 1.75. The van der Waals surface area contributed by atoms with E-state index in [2.05, 4.69) is 32.7 Å². The topological polar surface area (TPSA) is 81.8 Å². The molecule has 0 spiro atoms. The number of carbonyl (C=O) groups excluding carboxylic acids is 1. The second kappa shape index (κ2) is 7.39. The molecule has 0 fully saturated rings. The van der Waals surface area contributed by atoms with Gasteiger partial charge in [-0.15, -0.1) is 6.58 Å². The Morgan fingerprint density at radius 2 is 2.19 bits per heavy atom. The van der Waals surface area contributed by atoms with Crippen molar-refractivity contribution in [1.82, 2.24) is 26.1 Å². The number of nitrogens with one attached hydrogen (secondary N) is 4. The summed E-state index contributed by atoms with van der Waals surface area (Å²) in [6, 6.07) is 7.76. The molecule has 0 bridgehead atoms. The van der Waals surface area contributed by atoms with Crippen molar-refractivity contribution in [2.24, 2.45) is 0 Å². The van der Waals surface area contributed by atoms with Crippen molar-refractivity contribution >= 4 is 34.3 Å². The van der Waals surface area contributed by atoms with Crippen molar-refractivity contribution in [3.05, 3.63) is 42.7 Å². The van der Waals surface area contributed by atoms with Crippen LogP contribution in [0.4, 0.5) is 0 Å². The smallest absolute Gasteiger partial charge is 0.238 e. The van der Waals surface area contributed by atoms with Gasteiger partial charge in [0.2, 0.25) is 5.91 Å². The van der Waals surface area contributed by atoms with E-state index in [4.69, 9.17) is 12.2 Å². The summed E-state index contributed by atoms with van der Waals surface area (Å²) >= 11 is 4.96. The second-order valence-electron chi connectivity index (χ2n) is 4.37. The van der Waals surface area contributed by atoms with E-state index in [1.54, 1.807) is 6.08 Å². The average Bonchev–Trinajstić information content (AvgIpc) is 2.91. The fourth-order valence-corrected chi connectivity index (χ4v) is 1.89. The van der Waals surface area contributed by atoms with Gasteiger partial charge >= 0.3 is 0 Å². The Bertz CT molecular complexity index is 619. The Hall–Kier alpha value is -2.41. The monoisotopic (exact) mass is 303 g/mol. The zero-order valence-electron chi connectivity index (χ0n) is 11.5. The number of para-hydroxylation sites is 2. The fraction of sp³-hybridized carbons (Fsp3) is 0.214. The van der Waals surface area contributed by atoms with Crippen LogP contribution in [0.5, 0.6) is 0 Å². The molecule has 0 atom stereocenters. The lowest BCUT2D eigenvalue weighted by Crippen LogP contribution is -2.46. The molecule has 1 heterocycles. The number of hydrazine groups is 1. The molecule has 1 aromatic heterocycles. The van der Waals surface area contributed by atoms with E-state index >= 15 is 0 Å².